The molecule has 1 atom stereocenters. The van der Waals surface area contributed by atoms with Gasteiger partial charge >= 0.3 is 5.97 Å². The van der Waals surface area contributed by atoms with Crippen LogP contribution in [0.3, 0.4) is 0 Å². The van der Waals surface area contributed by atoms with Crippen molar-refractivity contribution in [3.8, 4) is 0 Å². The van der Waals surface area contributed by atoms with Crippen LogP contribution >= 0.6 is 0 Å². The Morgan fingerprint density at radius 3 is 1.40 bits per heavy atom. The average molecular weight is 587 g/mol. The van der Waals surface area contributed by atoms with Gasteiger partial charge in [0.15, 0.2) is 0 Å². The van der Waals surface area contributed by atoms with E-state index in [1.165, 1.54) is 109 Å². The molecule has 0 fully saturated rings. The summed E-state index contributed by atoms with van der Waals surface area (Å²) in [4.78, 5) is 11.9. The number of esters is 1. The maximum absolute atomic E-state index is 11.9. The minimum atomic E-state index is -0.348. The van der Waals surface area contributed by atoms with E-state index in [4.69, 9.17) is 4.74 Å². The zero-order valence-electron chi connectivity index (χ0n) is 28.1. The van der Waals surface area contributed by atoms with Crippen LogP contribution in [-0.4, -0.2) is 23.8 Å². The van der Waals surface area contributed by atoms with Gasteiger partial charge in [-0.15, -0.1) is 0 Å². The van der Waals surface area contributed by atoms with Crippen molar-refractivity contribution in [2.75, 3.05) is 6.61 Å². The number of carbonyl (C=O) groups is 1. The van der Waals surface area contributed by atoms with Crippen molar-refractivity contribution < 1.29 is 14.6 Å². The van der Waals surface area contributed by atoms with E-state index in [2.05, 4.69) is 62.5 Å². The third-order valence-corrected chi connectivity index (χ3v) is 7.78. The Hall–Kier alpha value is -1.61. The smallest absolute Gasteiger partial charge is 0.305 e. The van der Waals surface area contributed by atoms with Crippen LogP contribution in [-0.2, 0) is 9.53 Å². The lowest BCUT2D eigenvalue weighted by molar-refractivity contribution is -0.144. The zero-order valence-corrected chi connectivity index (χ0v) is 28.1. The van der Waals surface area contributed by atoms with Gasteiger partial charge in [-0.25, -0.2) is 0 Å². The topological polar surface area (TPSA) is 46.5 Å². The van der Waals surface area contributed by atoms with Gasteiger partial charge in [-0.05, 0) is 77.0 Å². The largest absolute Gasteiger partial charge is 0.466 e. The molecule has 1 N–H and O–H groups in total. The first-order valence-electron chi connectivity index (χ1n) is 18.1. The van der Waals surface area contributed by atoms with Crippen LogP contribution in [0.5, 0.6) is 0 Å². The van der Waals surface area contributed by atoms with E-state index in [9.17, 15) is 9.90 Å². The fraction of sp³-hybridized carbons (Fsp3) is 0.769. The number of ether oxygens (including phenoxy) is 1. The highest BCUT2D eigenvalue weighted by Gasteiger charge is 2.07. The number of carbonyl (C=O) groups excluding carboxylic acids is 1. The van der Waals surface area contributed by atoms with Gasteiger partial charge < -0.3 is 9.84 Å². The standard InChI is InChI=1S/C39H70O3/c1-3-5-7-9-11-13-15-17-19-21-22-24-26-28-30-32-34-38(40)36-37-42-39(41)35-33-31-29-27-25-23-20-18-16-14-12-10-8-6-4-2/h11-14,17-20,38,40H,3-10,15-16,21-37H2,1-2H3. The Bertz CT molecular complexity index is 661. The first-order chi connectivity index (χ1) is 20.7. The van der Waals surface area contributed by atoms with E-state index in [0.29, 0.717) is 19.4 Å². The van der Waals surface area contributed by atoms with Gasteiger partial charge in [-0.1, -0.05) is 140 Å². The van der Waals surface area contributed by atoms with Crippen LogP contribution in [0, 0.1) is 0 Å². The van der Waals surface area contributed by atoms with Gasteiger partial charge in [0, 0.05) is 12.8 Å². The maximum atomic E-state index is 11.9. The SMILES string of the molecule is CCCCCC=CCC=CCCCCCCCCC(O)CCOC(=O)CCCCCCCC=CCC=CCCCCC. The number of rotatable bonds is 32. The number of aliphatic hydroxyl groups excluding tert-OH is 1. The molecule has 0 aromatic rings. The van der Waals surface area contributed by atoms with Crippen LogP contribution < -0.4 is 0 Å². The Labute approximate surface area is 262 Å². The van der Waals surface area contributed by atoms with E-state index in [1.54, 1.807) is 0 Å². The second-order valence-corrected chi connectivity index (χ2v) is 12.0. The summed E-state index contributed by atoms with van der Waals surface area (Å²) in [5.41, 5.74) is 0. The van der Waals surface area contributed by atoms with Crippen LogP contribution in [0.1, 0.15) is 181 Å². The van der Waals surface area contributed by atoms with Crippen molar-refractivity contribution >= 4 is 5.97 Å². The van der Waals surface area contributed by atoms with Crippen molar-refractivity contribution in [1.82, 2.24) is 0 Å². The van der Waals surface area contributed by atoms with Gasteiger partial charge in [0.25, 0.3) is 0 Å². The number of unbranched alkanes of at least 4 members (excludes halogenated alkanes) is 17. The minimum Gasteiger partial charge on any atom is -0.466 e. The highest BCUT2D eigenvalue weighted by atomic mass is 16.5. The highest BCUT2D eigenvalue weighted by Crippen LogP contribution is 2.13. The van der Waals surface area contributed by atoms with Crippen LogP contribution in [0.2, 0.25) is 0 Å². The Balaban J connectivity index is 3.39. The molecule has 244 valence electrons. The monoisotopic (exact) mass is 587 g/mol. The van der Waals surface area contributed by atoms with Crippen LogP contribution in [0.15, 0.2) is 48.6 Å². The molecule has 0 saturated carbocycles. The molecule has 0 bridgehead atoms. The van der Waals surface area contributed by atoms with E-state index >= 15 is 0 Å². The van der Waals surface area contributed by atoms with Gasteiger partial charge in [0.2, 0.25) is 0 Å². The molecule has 1 unspecified atom stereocenters. The van der Waals surface area contributed by atoms with Crippen molar-refractivity contribution in [2.24, 2.45) is 0 Å². The number of allylic oxidation sites excluding steroid dienone is 8. The molecule has 0 radical (unpaired) electrons. The first-order valence-corrected chi connectivity index (χ1v) is 18.1. The number of hydrogen-bond acceptors (Lipinski definition) is 3. The molecule has 0 aromatic heterocycles. The van der Waals surface area contributed by atoms with Gasteiger partial charge in [-0.2, -0.15) is 0 Å². The summed E-state index contributed by atoms with van der Waals surface area (Å²) in [5, 5.41) is 10.2. The second kappa shape index (κ2) is 35.6. The normalized spacial score (nSPS) is 12.9. The van der Waals surface area contributed by atoms with Crippen LogP contribution in [0.25, 0.3) is 0 Å². The van der Waals surface area contributed by atoms with E-state index in [1.807, 2.05) is 0 Å². The summed E-state index contributed by atoms with van der Waals surface area (Å²) in [5.74, 6) is -0.110. The summed E-state index contributed by atoms with van der Waals surface area (Å²) in [6.45, 7) is 4.85. The molecule has 3 nitrogen and oxygen atoms in total. The summed E-state index contributed by atoms with van der Waals surface area (Å²) in [7, 11) is 0. The van der Waals surface area contributed by atoms with Crippen molar-refractivity contribution in [3.05, 3.63) is 48.6 Å². The van der Waals surface area contributed by atoms with E-state index in [-0.39, 0.29) is 12.1 Å². The summed E-state index contributed by atoms with van der Waals surface area (Å²) in [6, 6.07) is 0. The molecular formula is C39H70O3. The second-order valence-electron chi connectivity index (χ2n) is 12.0. The molecule has 42 heavy (non-hydrogen) atoms. The molecule has 0 aliphatic heterocycles. The Kier molecular flexibility index (Phi) is 34.2. The molecular weight excluding hydrogens is 516 g/mol. The minimum absolute atomic E-state index is 0.110. The quantitative estimate of drug-likeness (QED) is 0.0484. The van der Waals surface area contributed by atoms with Crippen LogP contribution in [0.4, 0.5) is 0 Å². The fourth-order valence-corrected chi connectivity index (χ4v) is 4.97. The number of hydrogen-bond donors (Lipinski definition) is 1. The van der Waals surface area contributed by atoms with E-state index in [0.717, 1.165) is 44.9 Å². The lowest BCUT2D eigenvalue weighted by Gasteiger charge is -2.11. The highest BCUT2D eigenvalue weighted by molar-refractivity contribution is 5.69. The molecule has 0 aromatic carbocycles. The zero-order chi connectivity index (χ0) is 30.6. The molecule has 0 aliphatic rings. The fourth-order valence-electron chi connectivity index (χ4n) is 4.97. The van der Waals surface area contributed by atoms with Crippen molar-refractivity contribution in [2.45, 2.75) is 187 Å². The molecule has 0 heterocycles. The van der Waals surface area contributed by atoms with Gasteiger partial charge in [-0.3, -0.25) is 4.79 Å². The Morgan fingerprint density at radius 1 is 0.524 bits per heavy atom. The molecule has 0 aliphatic carbocycles. The summed E-state index contributed by atoms with van der Waals surface area (Å²) >= 11 is 0. The third-order valence-electron chi connectivity index (χ3n) is 7.78. The van der Waals surface area contributed by atoms with Crippen molar-refractivity contribution in [1.29, 1.82) is 0 Å². The van der Waals surface area contributed by atoms with Gasteiger partial charge in [0.05, 0.1) is 12.7 Å². The first kappa shape index (κ1) is 40.4. The molecule has 3 heteroatoms. The summed E-state index contributed by atoms with van der Waals surface area (Å²) in [6.07, 6.45) is 47.8. The average Bonchev–Trinajstić information content (AvgIpc) is 2.99. The van der Waals surface area contributed by atoms with Crippen molar-refractivity contribution in [3.63, 3.8) is 0 Å². The van der Waals surface area contributed by atoms with E-state index < -0.39 is 0 Å². The third kappa shape index (κ3) is 34.6. The molecule has 0 amide bonds. The Morgan fingerprint density at radius 2 is 0.929 bits per heavy atom. The summed E-state index contributed by atoms with van der Waals surface area (Å²) < 4.78 is 5.34. The molecule has 0 spiro atoms. The predicted octanol–water partition coefficient (Wildman–Crippen LogP) is 12.3. The number of aliphatic hydroxyl groups is 1. The lowest BCUT2D eigenvalue weighted by atomic mass is 10.0. The van der Waals surface area contributed by atoms with Gasteiger partial charge in [0.1, 0.15) is 0 Å². The predicted molar refractivity (Wildman–Crippen MR) is 185 cm³/mol. The molecule has 0 rings (SSSR count). The maximum Gasteiger partial charge on any atom is 0.305 e. The molecule has 0 saturated heterocycles. The lowest BCUT2D eigenvalue weighted by Crippen LogP contribution is -2.13.